The van der Waals surface area contributed by atoms with Gasteiger partial charge in [0.25, 0.3) is 0 Å². The van der Waals surface area contributed by atoms with E-state index in [4.69, 9.17) is 0 Å². The van der Waals surface area contributed by atoms with E-state index >= 15 is 0 Å². The summed E-state index contributed by atoms with van der Waals surface area (Å²) in [6.45, 7) is 2.14. The Bertz CT molecular complexity index is 431. The van der Waals surface area contributed by atoms with E-state index in [2.05, 4.69) is 14.8 Å². The molecule has 1 aromatic rings. The van der Waals surface area contributed by atoms with Crippen molar-refractivity contribution in [3.05, 3.63) is 29.8 Å². The fourth-order valence-corrected chi connectivity index (χ4v) is 1.47. The molecule has 0 spiro atoms. The quantitative estimate of drug-likeness (QED) is 0.807. The van der Waals surface area contributed by atoms with Crippen LogP contribution in [-0.4, -0.2) is 32.7 Å². The number of carbonyl (C=O) groups is 2. The average molecular weight is 251 g/mol. The van der Waals surface area contributed by atoms with Crippen molar-refractivity contribution in [1.82, 2.24) is 0 Å². The van der Waals surface area contributed by atoms with Gasteiger partial charge in [-0.3, -0.25) is 4.79 Å². The Morgan fingerprint density at radius 2 is 1.89 bits per heavy atom. The molecule has 1 rings (SSSR count). The van der Waals surface area contributed by atoms with Crippen LogP contribution in [0.1, 0.15) is 17.3 Å². The molecule has 0 saturated carbocycles. The summed E-state index contributed by atoms with van der Waals surface area (Å²) in [6.07, 6.45) is 0. The van der Waals surface area contributed by atoms with E-state index in [9.17, 15) is 9.59 Å². The van der Waals surface area contributed by atoms with Gasteiger partial charge in [-0.25, -0.2) is 4.79 Å². The van der Waals surface area contributed by atoms with E-state index in [0.29, 0.717) is 17.8 Å². The van der Waals surface area contributed by atoms with Crippen molar-refractivity contribution in [3.63, 3.8) is 0 Å². The number of anilines is 1. The number of rotatable bonds is 5. The van der Waals surface area contributed by atoms with Crippen LogP contribution < -0.4 is 5.32 Å². The van der Waals surface area contributed by atoms with E-state index in [0.717, 1.165) is 0 Å². The van der Waals surface area contributed by atoms with Gasteiger partial charge < -0.3 is 14.8 Å². The Morgan fingerprint density at radius 1 is 1.22 bits per heavy atom. The van der Waals surface area contributed by atoms with E-state index < -0.39 is 5.97 Å². The number of esters is 2. The van der Waals surface area contributed by atoms with E-state index in [1.807, 2.05) is 0 Å². The summed E-state index contributed by atoms with van der Waals surface area (Å²) in [6, 6.07) is 6.98. The molecule has 18 heavy (non-hydrogen) atoms. The highest BCUT2D eigenvalue weighted by Crippen LogP contribution is 2.16. The summed E-state index contributed by atoms with van der Waals surface area (Å²) in [4.78, 5) is 22.8. The molecule has 0 saturated heterocycles. The second-order valence-corrected chi connectivity index (χ2v) is 3.84. The Hall–Kier alpha value is -2.04. The lowest BCUT2D eigenvalue weighted by atomic mass is 10.1. The van der Waals surface area contributed by atoms with Gasteiger partial charge in [-0.1, -0.05) is 19.1 Å². The highest BCUT2D eigenvalue weighted by atomic mass is 16.5. The number of carbonyl (C=O) groups excluding carboxylic acids is 2. The standard InChI is InChI=1S/C13H17NO4/c1-9(12(15)17-2)8-14-11-7-5-4-6-10(11)13(16)18-3/h4-7,9,14H,8H2,1-3H3. The van der Waals surface area contributed by atoms with Crippen LogP contribution >= 0.6 is 0 Å². The van der Waals surface area contributed by atoms with E-state index in [1.165, 1.54) is 14.2 Å². The minimum Gasteiger partial charge on any atom is -0.469 e. The molecule has 0 fully saturated rings. The zero-order chi connectivity index (χ0) is 13.5. The van der Waals surface area contributed by atoms with Gasteiger partial charge in [-0.05, 0) is 12.1 Å². The van der Waals surface area contributed by atoms with Crippen molar-refractivity contribution in [2.24, 2.45) is 5.92 Å². The third kappa shape index (κ3) is 3.48. The second kappa shape index (κ2) is 6.64. The third-order valence-corrected chi connectivity index (χ3v) is 2.53. The topological polar surface area (TPSA) is 64.6 Å². The Kier molecular flexibility index (Phi) is 5.17. The van der Waals surface area contributed by atoms with Crippen LogP contribution in [0.5, 0.6) is 0 Å². The van der Waals surface area contributed by atoms with Crippen molar-refractivity contribution < 1.29 is 19.1 Å². The van der Waals surface area contributed by atoms with Crippen molar-refractivity contribution >= 4 is 17.6 Å². The Morgan fingerprint density at radius 3 is 2.50 bits per heavy atom. The molecule has 0 aromatic heterocycles. The molecule has 1 unspecified atom stereocenters. The van der Waals surface area contributed by atoms with Crippen molar-refractivity contribution in [1.29, 1.82) is 0 Å². The zero-order valence-corrected chi connectivity index (χ0v) is 10.7. The molecular formula is C13H17NO4. The van der Waals surface area contributed by atoms with Crippen LogP contribution in [0.4, 0.5) is 5.69 Å². The van der Waals surface area contributed by atoms with Crippen molar-refractivity contribution in [3.8, 4) is 0 Å². The number of ether oxygens (including phenoxy) is 2. The molecule has 1 atom stereocenters. The fourth-order valence-electron chi connectivity index (χ4n) is 1.47. The second-order valence-electron chi connectivity index (χ2n) is 3.84. The lowest BCUT2D eigenvalue weighted by Gasteiger charge is -2.13. The number of nitrogens with one attached hydrogen (secondary N) is 1. The van der Waals surface area contributed by atoms with Gasteiger partial charge in [0.1, 0.15) is 0 Å². The number of methoxy groups -OCH3 is 2. The van der Waals surface area contributed by atoms with Gasteiger partial charge in [0, 0.05) is 12.2 Å². The van der Waals surface area contributed by atoms with Crippen LogP contribution in [0.15, 0.2) is 24.3 Å². The van der Waals surface area contributed by atoms with Crippen molar-refractivity contribution in [2.45, 2.75) is 6.92 Å². The highest BCUT2D eigenvalue weighted by molar-refractivity contribution is 5.95. The lowest BCUT2D eigenvalue weighted by molar-refractivity contribution is -0.144. The summed E-state index contributed by atoms with van der Waals surface area (Å²) in [5.74, 6) is -0.998. The first-order valence-corrected chi connectivity index (χ1v) is 5.59. The monoisotopic (exact) mass is 251 g/mol. The van der Waals surface area contributed by atoms with Gasteiger partial charge in [-0.15, -0.1) is 0 Å². The molecule has 1 aromatic carbocycles. The van der Waals surface area contributed by atoms with Gasteiger partial charge in [0.15, 0.2) is 0 Å². The molecule has 1 N–H and O–H groups in total. The van der Waals surface area contributed by atoms with Crippen molar-refractivity contribution in [2.75, 3.05) is 26.1 Å². The summed E-state index contributed by atoms with van der Waals surface area (Å²) in [5.41, 5.74) is 1.08. The molecule has 0 aliphatic heterocycles. The van der Waals surface area contributed by atoms with Gasteiger partial charge >= 0.3 is 11.9 Å². The predicted octanol–water partition coefficient (Wildman–Crippen LogP) is 1.69. The number of hydrogen-bond acceptors (Lipinski definition) is 5. The molecule has 0 amide bonds. The van der Waals surface area contributed by atoms with Crippen LogP contribution in [0.3, 0.4) is 0 Å². The minimum absolute atomic E-state index is 0.291. The van der Waals surface area contributed by atoms with Crippen LogP contribution in [0.25, 0.3) is 0 Å². The molecular weight excluding hydrogens is 234 g/mol. The van der Waals surface area contributed by atoms with Crippen LogP contribution in [-0.2, 0) is 14.3 Å². The Balaban J connectivity index is 2.73. The number of benzene rings is 1. The first-order chi connectivity index (χ1) is 8.60. The number of para-hydroxylation sites is 1. The number of hydrogen-bond donors (Lipinski definition) is 1. The maximum atomic E-state index is 11.5. The van der Waals surface area contributed by atoms with E-state index in [1.54, 1.807) is 31.2 Å². The van der Waals surface area contributed by atoms with Gasteiger partial charge in [0.2, 0.25) is 0 Å². The molecule has 5 nitrogen and oxygen atoms in total. The maximum Gasteiger partial charge on any atom is 0.339 e. The molecule has 0 aliphatic carbocycles. The third-order valence-electron chi connectivity index (χ3n) is 2.53. The van der Waals surface area contributed by atoms with Gasteiger partial charge in [0.05, 0.1) is 25.7 Å². The SMILES string of the molecule is COC(=O)c1ccccc1NCC(C)C(=O)OC. The molecule has 5 heteroatoms. The van der Waals surface area contributed by atoms with Crippen LogP contribution in [0.2, 0.25) is 0 Å². The molecule has 0 bridgehead atoms. The summed E-state index contributed by atoms with van der Waals surface area (Å²) in [5, 5.41) is 3.04. The summed E-state index contributed by atoms with van der Waals surface area (Å²) in [7, 11) is 2.68. The highest BCUT2D eigenvalue weighted by Gasteiger charge is 2.15. The summed E-state index contributed by atoms with van der Waals surface area (Å²) >= 11 is 0. The minimum atomic E-state index is -0.413. The summed E-state index contributed by atoms with van der Waals surface area (Å²) < 4.78 is 9.31. The average Bonchev–Trinajstić information content (AvgIpc) is 2.43. The normalized spacial score (nSPS) is 11.5. The smallest absolute Gasteiger partial charge is 0.339 e. The van der Waals surface area contributed by atoms with Gasteiger partial charge in [-0.2, -0.15) is 0 Å². The van der Waals surface area contributed by atoms with E-state index in [-0.39, 0.29) is 11.9 Å². The Labute approximate surface area is 106 Å². The zero-order valence-electron chi connectivity index (χ0n) is 10.7. The lowest BCUT2D eigenvalue weighted by Crippen LogP contribution is -2.22. The molecule has 0 aliphatic rings. The largest absolute Gasteiger partial charge is 0.469 e. The maximum absolute atomic E-state index is 11.5. The fraction of sp³-hybridized carbons (Fsp3) is 0.385. The molecule has 98 valence electrons. The first-order valence-electron chi connectivity index (χ1n) is 5.59. The first kappa shape index (κ1) is 14.0. The molecule has 0 radical (unpaired) electrons. The molecule has 0 heterocycles. The van der Waals surface area contributed by atoms with Crippen LogP contribution in [0, 0.1) is 5.92 Å². The predicted molar refractivity (Wildman–Crippen MR) is 67.5 cm³/mol.